The summed E-state index contributed by atoms with van der Waals surface area (Å²) in [6.07, 6.45) is 1.30. The summed E-state index contributed by atoms with van der Waals surface area (Å²) in [6, 6.07) is 22.2. The molecule has 45 heavy (non-hydrogen) atoms. The Morgan fingerprint density at radius 2 is 1.51 bits per heavy atom. The maximum absolute atomic E-state index is 13.4. The van der Waals surface area contributed by atoms with Gasteiger partial charge in [-0.15, -0.1) is 0 Å². The third-order valence-corrected chi connectivity index (χ3v) is 7.10. The average Bonchev–Trinajstić information content (AvgIpc) is 3.02. The highest BCUT2D eigenvalue weighted by Gasteiger charge is 2.37. The molecule has 0 radical (unpaired) electrons. The van der Waals surface area contributed by atoms with Crippen molar-refractivity contribution in [2.24, 2.45) is 0 Å². The van der Waals surface area contributed by atoms with Crippen molar-refractivity contribution in [2.75, 3.05) is 12.0 Å². The Morgan fingerprint density at radius 1 is 0.889 bits per heavy atom. The van der Waals surface area contributed by atoms with Gasteiger partial charge in [0.15, 0.2) is 11.5 Å². The van der Waals surface area contributed by atoms with Gasteiger partial charge in [0.2, 0.25) is 0 Å². The molecule has 11 nitrogen and oxygen atoms in total. The highest BCUT2D eigenvalue weighted by atomic mass is 35.5. The SMILES string of the molecule is COc1cc(/C=C2\C(=O)NC(=O)N(c3ccc(OCc4ccc(C)cc4)cc3)C2=O)cc(Cl)c1OCc1ccc([N+](=O)[O-])cc1. The molecule has 1 aliphatic heterocycles. The van der Waals surface area contributed by atoms with E-state index in [4.69, 9.17) is 25.8 Å². The van der Waals surface area contributed by atoms with E-state index in [1.165, 1.54) is 37.5 Å². The fourth-order valence-electron chi connectivity index (χ4n) is 4.43. The molecule has 0 spiro atoms. The van der Waals surface area contributed by atoms with Crippen LogP contribution in [-0.4, -0.2) is 29.9 Å². The smallest absolute Gasteiger partial charge is 0.335 e. The minimum absolute atomic E-state index is 0.0439. The van der Waals surface area contributed by atoms with Crippen LogP contribution in [0.3, 0.4) is 0 Å². The van der Waals surface area contributed by atoms with Crippen molar-refractivity contribution in [3.05, 3.63) is 128 Å². The van der Waals surface area contributed by atoms with Crippen LogP contribution in [0.5, 0.6) is 17.2 Å². The Bertz CT molecular complexity index is 1800. The summed E-state index contributed by atoms with van der Waals surface area (Å²) < 4.78 is 17.1. The molecule has 12 heteroatoms. The Hall–Kier alpha value is -5.68. The standard InChI is InChI=1S/C33H26ClN3O8/c1-20-3-5-21(6-4-20)18-44-26-13-11-24(12-14-26)36-32(39)27(31(38)35-33(36)40)15-23-16-28(34)30(29(17-23)43-2)45-19-22-7-9-25(10-8-22)37(41)42/h3-17H,18-19H2,1-2H3,(H,35,38,40)/b27-15+. The van der Waals surface area contributed by atoms with Gasteiger partial charge in [-0.25, -0.2) is 9.69 Å². The number of benzene rings is 4. The monoisotopic (exact) mass is 627 g/mol. The summed E-state index contributed by atoms with van der Waals surface area (Å²) >= 11 is 6.49. The number of anilines is 1. The van der Waals surface area contributed by atoms with Crippen molar-refractivity contribution < 1.29 is 33.5 Å². The Morgan fingerprint density at radius 3 is 2.13 bits per heavy atom. The minimum Gasteiger partial charge on any atom is -0.493 e. The zero-order chi connectivity index (χ0) is 32.1. The maximum atomic E-state index is 13.4. The number of nitro benzene ring substituents is 1. The second-order valence-corrected chi connectivity index (χ2v) is 10.4. The predicted molar refractivity (Wildman–Crippen MR) is 166 cm³/mol. The van der Waals surface area contributed by atoms with Crippen LogP contribution in [0.1, 0.15) is 22.3 Å². The van der Waals surface area contributed by atoms with Gasteiger partial charge in [-0.3, -0.25) is 25.0 Å². The second kappa shape index (κ2) is 13.3. The normalized spacial score (nSPS) is 13.9. The van der Waals surface area contributed by atoms with E-state index in [0.29, 0.717) is 23.5 Å². The van der Waals surface area contributed by atoms with E-state index in [1.807, 2.05) is 31.2 Å². The molecule has 0 atom stereocenters. The number of urea groups is 1. The predicted octanol–water partition coefficient (Wildman–Crippen LogP) is 6.39. The zero-order valence-corrected chi connectivity index (χ0v) is 24.9. The lowest BCUT2D eigenvalue weighted by Crippen LogP contribution is -2.54. The largest absolute Gasteiger partial charge is 0.493 e. The van der Waals surface area contributed by atoms with E-state index in [9.17, 15) is 24.5 Å². The van der Waals surface area contributed by atoms with Crippen LogP contribution in [0.4, 0.5) is 16.2 Å². The molecule has 1 saturated heterocycles. The molecule has 0 aromatic heterocycles. The molecule has 4 amide bonds. The van der Waals surface area contributed by atoms with Gasteiger partial charge in [0.1, 0.15) is 24.5 Å². The molecule has 0 aliphatic carbocycles. The van der Waals surface area contributed by atoms with Gasteiger partial charge in [0.05, 0.1) is 22.7 Å². The van der Waals surface area contributed by atoms with Crippen LogP contribution in [0.15, 0.2) is 90.5 Å². The number of nitrogens with one attached hydrogen (secondary N) is 1. The summed E-state index contributed by atoms with van der Waals surface area (Å²) in [6.45, 7) is 2.39. The molecule has 1 N–H and O–H groups in total. The summed E-state index contributed by atoms with van der Waals surface area (Å²) in [7, 11) is 1.40. The van der Waals surface area contributed by atoms with Gasteiger partial charge in [-0.05, 0) is 78.2 Å². The van der Waals surface area contributed by atoms with Crippen molar-refractivity contribution in [3.8, 4) is 17.2 Å². The summed E-state index contributed by atoms with van der Waals surface area (Å²) in [4.78, 5) is 50.1. The van der Waals surface area contributed by atoms with Crippen LogP contribution in [-0.2, 0) is 22.8 Å². The number of hydrogen-bond acceptors (Lipinski definition) is 8. The van der Waals surface area contributed by atoms with E-state index in [0.717, 1.165) is 16.0 Å². The van der Waals surface area contributed by atoms with Gasteiger partial charge < -0.3 is 14.2 Å². The molecule has 5 rings (SSSR count). The quantitative estimate of drug-likeness (QED) is 0.0924. The molecule has 0 bridgehead atoms. The zero-order valence-electron chi connectivity index (χ0n) is 24.1. The van der Waals surface area contributed by atoms with Gasteiger partial charge in [0.25, 0.3) is 17.5 Å². The van der Waals surface area contributed by atoms with Crippen molar-refractivity contribution >= 4 is 46.9 Å². The summed E-state index contributed by atoms with van der Waals surface area (Å²) in [5, 5.41) is 13.2. The Balaban J connectivity index is 1.32. The van der Waals surface area contributed by atoms with Gasteiger partial charge in [-0.1, -0.05) is 41.4 Å². The lowest BCUT2D eigenvalue weighted by Gasteiger charge is -2.26. The first kappa shape index (κ1) is 30.8. The molecule has 1 heterocycles. The van der Waals surface area contributed by atoms with E-state index in [-0.39, 0.29) is 40.1 Å². The molecule has 1 aliphatic rings. The number of nitrogens with zero attached hydrogens (tertiary/aromatic N) is 2. The van der Waals surface area contributed by atoms with E-state index in [1.54, 1.807) is 36.4 Å². The first-order chi connectivity index (χ1) is 21.6. The summed E-state index contributed by atoms with van der Waals surface area (Å²) in [5.41, 5.74) is 3.02. The highest BCUT2D eigenvalue weighted by Crippen LogP contribution is 2.38. The molecule has 4 aromatic rings. The van der Waals surface area contributed by atoms with E-state index < -0.39 is 22.8 Å². The third-order valence-electron chi connectivity index (χ3n) is 6.82. The number of carbonyl (C=O) groups excluding carboxylic acids is 3. The number of methoxy groups -OCH3 is 1. The number of ether oxygens (including phenoxy) is 3. The lowest BCUT2D eigenvalue weighted by molar-refractivity contribution is -0.384. The molecule has 228 valence electrons. The number of amides is 4. The maximum Gasteiger partial charge on any atom is 0.335 e. The second-order valence-electron chi connectivity index (χ2n) is 9.97. The minimum atomic E-state index is -0.888. The van der Waals surface area contributed by atoms with Crippen molar-refractivity contribution in [1.82, 2.24) is 5.32 Å². The van der Waals surface area contributed by atoms with Gasteiger partial charge in [0, 0.05) is 12.1 Å². The van der Waals surface area contributed by atoms with E-state index in [2.05, 4.69) is 5.32 Å². The van der Waals surface area contributed by atoms with Crippen molar-refractivity contribution in [2.45, 2.75) is 20.1 Å². The highest BCUT2D eigenvalue weighted by molar-refractivity contribution is 6.39. The number of barbiturate groups is 1. The average molecular weight is 628 g/mol. The summed E-state index contributed by atoms with van der Waals surface area (Å²) in [5.74, 6) is -0.748. The topological polar surface area (TPSA) is 137 Å². The molecule has 0 unspecified atom stereocenters. The van der Waals surface area contributed by atoms with Crippen LogP contribution in [0.2, 0.25) is 5.02 Å². The number of imide groups is 2. The van der Waals surface area contributed by atoms with Crippen LogP contribution in [0, 0.1) is 17.0 Å². The number of carbonyl (C=O) groups is 3. The first-order valence-corrected chi connectivity index (χ1v) is 13.9. The van der Waals surface area contributed by atoms with E-state index >= 15 is 0 Å². The molecule has 0 saturated carbocycles. The number of rotatable bonds is 10. The number of nitro groups is 1. The first-order valence-electron chi connectivity index (χ1n) is 13.6. The number of aryl methyl sites for hydroxylation is 1. The van der Waals surface area contributed by atoms with Crippen molar-refractivity contribution in [3.63, 3.8) is 0 Å². The van der Waals surface area contributed by atoms with Gasteiger partial charge in [-0.2, -0.15) is 0 Å². The Kier molecular flexibility index (Phi) is 9.10. The molecular weight excluding hydrogens is 602 g/mol. The fourth-order valence-corrected chi connectivity index (χ4v) is 4.71. The van der Waals surface area contributed by atoms with Crippen LogP contribution < -0.4 is 24.4 Å². The van der Waals surface area contributed by atoms with Gasteiger partial charge >= 0.3 is 6.03 Å². The molecule has 1 fully saturated rings. The Labute approximate surface area is 262 Å². The van der Waals surface area contributed by atoms with Crippen molar-refractivity contribution in [1.29, 1.82) is 0 Å². The molecule has 4 aromatic carbocycles. The lowest BCUT2D eigenvalue weighted by atomic mass is 10.1. The van der Waals surface area contributed by atoms with Crippen LogP contribution >= 0.6 is 11.6 Å². The number of non-ortho nitro benzene ring substituents is 1. The number of halogens is 1. The third kappa shape index (κ3) is 7.11. The number of hydrogen-bond donors (Lipinski definition) is 1. The fraction of sp³-hybridized carbons (Fsp3) is 0.121. The molecular formula is C33H26ClN3O8. The van der Waals surface area contributed by atoms with Crippen LogP contribution in [0.25, 0.3) is 6.08 Å².